The molecule has 0 bridgehead atoms. The molecule has 0 aliphatic rings. The molecule has 7 nitrogen and oxygen atoms in total. The van der Waals surface area contributed by atoms with Gasteiger partial charge in [0.25, 0.3) is 5.91 Å². The molecule has 37 heavy (non-hydrogen) atoms. The van der Waals surface area contributed by atoms with Crippen molar-refractivity contribution in [3.8, 4) is 6.19 Å². The number of amides is 1. The van der Waals surface area contributed by atoms with Gasteiger partial charge >= 0.3 is 6.18 Å². The number of nitriles is 1. The number of pyridine rings is 1. The van der Waals surface area contributed by atoms with Crippen LogP contribution in [0.2, 0.25) is 0 Å². The second kappa shape index (κ2) is 11.5. The van der Waals surface area contributed by atoms with Crippen LogP contribution in [0.4, 0.5) is 30.2 Å². The number of hydrogen-bond acceptors (Lipinski definition) is 6. The van der Waals surface area contributed by atoms with E-state index in [0.29, 0.717) is 28.5 Å². The summed E-state index contributed by atoms with van der Waals surface area (Å²) >= 11 is 1.28. The largest absolute Gasteiger partial charge is 0.389 e. The Balaban J connectivity index is 1.45. The molecule has 0 spiro atoms. The summed E-state index contributed by atoms with van der Waals surface area (Å²) in [5.41, 5.74) is 3.31. The average Bonchev–Trinajstić information content (AvgIpc) is 3.35. The molecule has 1 amide bonds. The van der Waals surface area contributed by atoms with Crippen LogP contribution in [0.25, 0.3) is 10.9 Å². The molecule has 0 fully saturated rings. The van der Waals surface area contributed by atoms with Gasteiger partial charge < -0.3 is 10.6 Å². The van der Waals surface area contributed by atoms with Crippen molar-refractivity contribution in [1.82, 2.24) is 10.3 Å². The van der Waals surface area contributed by atoms with Gasteiger partial charge in [-0.25, -0.2) is 4.99 Å². The van der Waals surface area contributed by atoms with Gasteiger partial charge in [0.1, 0.15) is 10.7 Å². The summed E-state index contributed by atoms with van der Waals surface area (Å²) in [5, 5.41) is 20.0. The minimum atomic E-state index is -4.37. The number of nitrogens with one attached hydrogen (secondary N) is 3. The van der Waals surface area contributed by atoms with E-state index in [1.807, 2.05) is 41.8 Å². The van der Waals surface area contributed by atoms with Crippen molar-refractivity contribution in [2.45, 2.75) is 25.6 Å². The summed E-state index contributed by atoms with van der Waals surface area (Å²) in [4.78, 5) is 21.9. The van der Waals surface area contributed by atoms with E-state index in [-0.39, 0.29) is 11.7 Å². The number of anilines is 2. The average molecular weight is 523 g/mol. The molecular formula is C26H21F3N6OS. The first-order valence-corrected chi connectivity index (χ1v) is 12.1. The minimum absolute atomic E-state index is 0.114. The van der Waals surface area contributed by atoms with E-state index in [4.69, 9.17) is 5.26 Å². The van der Waals surface area contributed by atoms with E-state index < -0.39 is 19.0 Å². The van der Waals surface area contributed by atoms with Gasteiger partial charge in [-0.3, -0.25) is 15.1 Å². The first kappa shape index (κ1) is 25.7. The highest BCUT2D eigenvalue weighted by Crippen LogP contribution is 2.27. The van der Waals surface area contributed by atoms with Gasteiger partial charge in [-0.05, 0) is 47.3 Å². The summed E-state index contributed by atoms with van der Waals surface area (Å²) in [6.07, 6.45) is -2.60. The van der Waals surface area contributed by atoms with E-state index in [9.17, 15) is 18.0 Å². The van der Waals surface area contributed by atoms with Crippen LogP contribution in [0.3, 0.4) is 0 Å². The Labute approximate surface area is 214 Å². The molecule has 0 aliphatic carbocycles. The van der Waals surface area contributed by atoms with Crippen LogP contribution < -0.4 is 16.0 Å². The second-order valence-electron chi connectivity index (χ2n) is 7.92. The number of halogens is 3. The number of para-hydroxylation sites is 1. The lowest BCUT2D eigenvalue weighted by Gasteiger charge is -2.11. The molecule has 0 unspecified atom stereocenters. The molecule has 0 aliphatic heterocycles. The number of carbonyl (C=O) groups is 1. The smallest absolute Gasteiger partial charge is 0.380 e. The highest BCUT2D eigenvalue weighted by Gasteiger charge is 2.27. The fourth-order valence-electron chi connectivity index (χ4n) is 3.59. The van der Waals surface area contributed by atoms with E-state index in [2.05, 4.69) is 25.9 Å². The molecular weight excluding hydrogens is 501 g/mol. The number of hydrogen-bond donors (Lipinski definition) is 3. The van der Waals surface area contributed by atoms with E-state index in [0.717, 1.165) is 16.5 Å². The number of carbonyl (C=O) groups excluding carboxylic acids is 1. The van der Waals surface area contributed by atoms with Crippen molar-refractivity contribution in [1.29, 1.82) is 5.26 Å². The number of aromatic nitrogens is 1. The number of aliphatic imine (C=N–C) groups is 1. The normalized spacial score (nSPS) is 11.7. The zero-order chi connectivity index (χ0) is 26.3. The monoisotopic (exact) mass is 522 g/mol. The van der Waals surface area contributed by atoms with Gasteiger partial charge in [-0.1, -0.05) is 24.3 Å². The third kappa shape index (κ3) is 7.05. The third-order valence-electron chi connectivity index (χ3n) is 5.29. The lowest BCUT2D eigenvalue weighted by molar-refractivity contribution is -0.132. The summed E-state index contributed by atoms with van der Waals surface area (Å²) in [5.74, 6) is -0.456. The molecule has 3 N–H and O–H groups in total. The van der Waals surface area contributed by atoms with Crippen molar-refractivity contribution in [3.63, 3.8) is 0 Å². The molecule has 0 atom stereocenters. The van der Waals surface area contributed by atoms with E-state index >= 15 is 0 Å². The number of amidine groups is 1. The Kier molecular flexibility index (Phi) is 8.00. The van der Waals surface area contributed by atoms with Gasteiger partial charge in [0.2, 0.25) is 0 Å². The van der Waals surface area contributed by atoms with Gasteiger partial charge in [-0.2, -0.15) is 18.4 Å². The predicted octanol–water partition coefficient (Wildman–Crippen LogP) is 6.60. The van der Waals surface area contributed by atoms with E-state index in [1.54, 1.807) is 30.6 Å². The van der Waals surface area contributed by atoms with Crippen molar-refractivity contribution in [3.05, 3.63) is 82.7 Å². The van der Waals surface area contributed by atoms with Crippen LogP contribution in [-0.4, -0.2) is 22.9 Å². The molecule has 0 saturated heterocycles. The zero-order valence-corrected chi connectivity index (χ0v) is 20.2. The van der Waals surface area contributed by atoms with Crippen molar-refractivity contribution >= 4 is 51.0 Å². The topological polar surface area (TPSA) is 102 Å². The van der Waals surface area contributed by atoms with Crippen molar-refractivity contribution in [2.24, 2.45) is 4.99 Å². The first-order valence-electron chi connectivity index (χ1n) is 11.2. The number of benzene rings is 2. The fourth-order valence-corrected chi connectivity index (χ4v) is 4.36. The highest BCUT2D eigenvalue weighted by molar-refractivity contribution is 7.12. The molecule has 2 aromatic carbocycles. The maximum Gasteiger partial charge on any atom is 0.389 e. The standard InChI is InChI=1S/C26H21F3N6OS/c27-26(28,29)11-8-23(33-16-30)34-18-4-3-5-19(14-18)35-25(36)24-22(10-13-37-24)32-15-17-9-12-31-21-7-2-1-6-20(17)21/h1-7,9-10,12-14,32H,8,11,15H2,(H,33,34)(H,35,36). The van der Waals surface area contributed by atoms with E-state index in [1.165, 1.54) is 17.4 Å². The van der Waals surface area contributed by atoms with Crippen LogP contribution in [0.1, 0.15) is 28.1 Å². The number of alkyl halides is 3. The number of nitrogens with zero attached hydrogens (tertiary/aromatic N) is 3. The lowest BCUT2D eigenvalue weighted by Crippen LogP contribution is -2.20. The zero-order valence-electron chi connectivity index (χ0n) is 19.3. The fraction of sp³-hybridized carbons (Fsp3) is 0.154. The molecule has 0 saturated carbocycles. The van der Waals surface area contributed by atoms with Crippen molar-refractivity contribution in [2.75, 3.05) is 10.6 Å². The second-order valence-corrected chi connectivity index (χ2v) is 8.84. The Morgan fingerprint density at radius 1 is 1.11 bits per heavy atom. The lowest BCUT2D eigenvalue weighted by atomic mass is 10.1. The maximum atomic E-state index is 13.0. The molecule has 0 radical (unpaired) electrons. The summed E-state index contributed by atoms with van der Waals surface area (Å²) in [6, 6.07) is 17.9. The predicted molar refractivity (Wildman–Crippen MR) is 139 cm³/mol. The minimum Gasteiger partial charge on any atom is -0.380 e. The molecule has 11 heteroatoms. The maximum absolute atomic E-state index is 13.0. The Hall–Kier alpha value is -4.43. The highest BCUT2D eigenvalue weighted by atomic mass is 32.1. The molecule has 4 aromatic rings. The van der Waals surface area contributed by atoms with Crippen molar-refractivity contribution < 1.29 is 18.0 Å². The van der Waals surface area contributed by atoms with Crippen LogP contribution in [0, 0.1) is 11.5 Å². The summed E-state index contributed by atoms with van der Waals surface area (Å²) < 4.78 is 37.7. The summed E-state index contributed by atoms with van der Waals surface area (Å²) in [7, 11) is 0. The van der Waals surface area contributed by atoms with Crippen LogP contribution >= 0.6 is 11.3 Å². The molecule has 188 valence electrons. The van der Waals surface area contributed by atoms with Gasteiger partial charge in [-0.15, -0.1) is 11.3 Å². The van der Waals surface area contributed by atoms with Crippen LogP contribution in [-0.2, 0) is 6.54 Å². The number of fused-ring (bicyclic) bond motifs is 1. The molecule has 2 heterocycles. The molecule has 2 aromatic heterocycles. The molecule has 4 rings (SSSR count). The summed E-state index contributed by atoms with van der Waals surface area (Å²) in [6.45, 7) is 0.497. The van der Waals surface area contributed by atoms with Gasteiger partial charge in [0, 0.05) is 30.2 Å². The quantitative estimate of drug-likeness (QED) is 0.105. The Morgan fingerprint density at radius 3 is 2.76 bits per heavy atom. The van der Waals surface area contributed by atoms with Crippen LogP contribution in [0.5, 0.6) is 0 Å². The van der Waals surface area contributed by atoms with Crippen LogP contribution in [0.15, 0.2) is 77.2 Å². The van der Waals surface area contributed by atoms with Gasteiger partial charge in [0.15, 0.2) is 6.19 Å². The third-order valence-corrected chi connectivity index (χ3v) is 6.21. The number of rotatable bonds is 8. The first-order chi connectivity index (χ1) is 17.8. The van der Waals surface area contributed by atoms with Gasteiger partial charge in [0.05, 0.1) is 23.3 Å². The Morgan fingerprint density at radius 2 is 1.95 bits per heavy atom. The Bertz CT molecular complexity index is 1470. The number of thiophene rings is 1. The SMILES string of the molecule is N#CNC(CCC(F)(F)F)=Nc1cccc(NC(=O)c2sccc2NCc2ccnc3ccccc23)c1.